The molecule has 5 heteroatoms. The summed E-state index contributed by atoms with van der Waals surface area (Å²) in [5.41, 5.74) is 2.59. The molecule has 0 bridgehead atoms. The molecule has 0 aliphatic carbocycles. The number of rotatable bonds is 3. The zero-order chi connectivity index (χ0) is 15.6. The van der Waals surface area contributed by atoms with Gasteiger partial charge < -0.3 is 5.32 Å². The van der Waals surface area contributed by atoms with Gasteiger partial charge in [0.15, 0.2) is 6.33 Å². The van der Waals surface area contributed by atoms with Crippen molar-refractivity contribution in [1.82, 2.24) is 25.5 Å². The molecule has 23 heavy (non-hydrogen) atoms. The summed E-state index contributed by atoms with van der Waals surface area (Å²) in [6.07, 6.45) is 3.90. The molecule has 1 saturated heterocycles. The molecule has 0 unspecified atom stereocenters. The first-order chi connectivity index (χ1) is 11.3. The summed E-state index contributed by atoms with van der Waals surface area (Å²) < 4.78 is 0. The van der Waals surface area contributed by atoms with Crippen LogP contribution in [0.5, 0.6) is 0 Å². The summed E-state index contributed by atoms with van der Waals surface area (Å²) in [6, 6.07) is 13.2. The maximum absolute atomic E-state index is 4.36. The highest BCUT2D eigenvalue weighted by Gasteiger charge is 2.29. The van der Waals surface area contributed by atoms with E-state index in [0.29, 0.717) is 5.92 Å². The number of nitrogens with one attached hydrogen (secondary N) is 1. The summed E-state index contributed by atoms with van der Waals surface area (Å²) in [5.74, 6) is 0.476. The van der Waals surface area contributed by atoms with Gasteiger partial charge in [0.25, 0.3) is 0 Å². The summed E-state index contributed by atoms with van der Waals surface area (Å²) in [6.45, 7) is 4.26. The third kappa shape index (κ3) is 2.61. The second-order valence-electron chi connectivity index (χ2n) is 6.32. The summed E-state index contributed by atoms with van der Waals surface area (Å²) in [5, 5.41) is 18.6. The minimum Gasteiger partial charge on any atom is -0.316 e. The molecule has 1 aliphatic rings. The van der Waals surface area contributed by atoms with Crippen LogP contribution in [0.4, 0.5) is 0 Å². The molecule has 0 saturated carbocycles. The van der Waals surface area contributed by atoms with Crippen molar-refractivity contribution in [2.24, 2.45) is 5.92 Å². The van der Waals surface area contributed by atoms with Gasteiger partial charge in [-0.05, 0) is 59.3 Å². The van der Waals surface area contributed by atoms with Crippen LogP contribution in [0.2, 0.25) is 0 Å². The van der Waals surface area contributed by atoms with Gasteiger partial charge in [-0.3, -0.25) is 0 Å². The number of aryl methyl sites for hydroxylation is 1. The molecule has 0 radical (unpaired) electrons. The first kappa shape index (κ1) is 14.3. The van der Waals surface area contributed by atoms with Crippen molar-refractivity contribution >= 4 is 10.8 Å². The highest BCUT2D eigenvalue weighted by Crippen LogP contribution is 2.35. The van der Waals surface area contributed by atoms with Gasteiger partial charge in [-0.2, -0.15) is 4.80 Å². The largest absolute Gasteiger partial charge is 0.316 e. The fourth-order valence-corrected chi connectivity index (χ4v) is 3.75. The number of fused-ring (bicyclic) bond motifs is 1. The Bertz CT molecular complexity index is 790. The maximum Gasteiger partial charge on any atom is 0.162 e. The standard InChI is InChI=1S/C18H21N5/c1-13-8-9-17(16-7-3-2-6-15(13)16)18(23-21-12-20-22-23)14-5-4-10-19-11-14/h2-3,6-9,12,14,18-19H,4-5,10-11H2,1H3/t14-,18+/m0/s1. The van der Waals surface area contributed by atoms with Crippen molar-refractivity contribution < 1.29 is 0 Å². The van der Waals surface area contributed by atoms with Gasteiger partial charge in [0.1, 0.15) is 6.04 Å². The second-order valence-corrected chi connectivity index (χ2v) is 6.32. The predicted octanol–water partition coefficient (Wildman–Crippen LogP) is 2.72. The predicted molar refractivity (Wildman–Crippen MR) is 90.2 cm³/mol. The number of aromatic nitrogens is 4. The number of hydrogen-bond acceptors (Lipinski definition) is 4. The van der Waals surface area contributed by atoms with Crippen LogP contribution in [-0.4, -0.2) is 33.3 Å². The maximum atomic E-state index is 4.36. The molecule has 0 spiro atoms. The number of nitrogens with zero attached hydrogens (tertiary/aromatic N) is 4. The summed E-state index contributed by atoms with van der Waals surface area (Å²) >= 11 is 0. The Hall–Kier alpha value is -2.27. The molecule has 1 aromatic heterocycles. The van der Waals surface area contributed by atoms with Crippen LogP contribution in [0, 0.1) is 12.8 Å². The minimum atomic E-state index is 0.121. The molecule has 3 aromatic rings. The van der Waals surface area contributed by atoms with Crippen molar-refractivity contribution in [3.63, 3.8) is 0 Å². The number of benzene rings is 2. The van der Waals surface area contributed by atoms with E-state index in [-0.39, 0.29) is 6.04 Å². The fourth-order valence-electron chi connectivity index (χ4n) is 3.75. The zero-order valence-corrected chi connectivity index (χ0v) is 13.3. The topological polar surface area (TPSA) is 55.6 Å². The van der Waals surface area contributed by atoms with Gasteiger partial charge in [-0.15, -0.1) is 10.2 Å². The van der Waals surface area contributed by atoms with Crippen LogP contribution >= 0.6 is 0 Å². The molecule has 118 valence electrons. The van der Waals surface area contributed by atoms with Gasteiger partial charge >= 0.3 is 0 Å². The average Bonchev–Trinajstić information content (AvgIpc) is 3.13. The summed E-state index contributed by atoms with van der Waals surface area (Å²) in [7, 11) is 0. The third-order valence-electron chi connectivity index (χ3n) is 4.89. The Morgan fingerprint density at radius 2 is 2.04 bits per heavy atom. The van der Waals surface area contributed by atoms with Crippen LogP contribution < -0.4 is 5.32 Å². The lowest BCUT2D eigenvalue weighted by Crippen LogP contribution is -2.36. The fraction of sp³-hybridized carbons (Fsp3) is 0.389. The molecule has 2 heterocycles. The minimum absolute atomic E-state index is 0.121. The van der Waals surface area contributed by atoms with E-state index in [1.165, 1.54) is 41.1 Å². The second kappa shape index (κ2) is 6.08. The molecular weight excluding hydrogens is 286 g/mol. The van der Waals surface area contributed by atoms with E-state index in [1.54, 1.807) is 4.80 Å². The molecule has 1 fully saturated rings. The van der Waals surface area contributed by atoms with E-state index in [2.05, 4.69) is 64.0 Å². The van der Waals surface area contributed by atoms with Crippen molar-refractivity contribution in [2.45, 2.75) is 25.8 Å². The Morgan fingerprint density at radius 3 is 2.78 bits per heavy atom. The molecule has 0 amide bonds. The van der Waals surface area contributed by atoms with Crippen LogP contribution in [0.15, 0.2) is 42.7 Å². The lowest BCUT2D eigenvalue weighted by Gasteiger charge is -2.31. The van der Waals surface area contributed by atoms with Gasteiger partial charge in [-0.25, -0.2) is 0 Å². The first-order valence-electron chi connectivity index (χ1n) is 8.26. The van der Waals surface area contributed by atoms with Crippen molar-refractivity contribution in [1.29, 1.82) is 0 Å². The number of tetrazole rings is 1. The highest BCUT2D eigenvalue weighted by molar-refractivity contribution is 5.89. The van der Waals surface area contributed by atoms with E-state index >= 15 is 0 Å². The van der Waals surface area contributed by atoms with E-state index in [0.717, 1.165) is 13.1 Å². The van der Waals surface area contributed by atoms with E-state index in [1.807, 2.05) is 0 Å². The Kier molecular flexibility index (Phi) is 3.79. The SMILES string of the molecule is Cc1ccc([C@@H]([C@H]2CCCNC2)n2ncnn2)c2ccccc12. The van der Waals surface area contributed by atoms with Crippen molar-refractivity contribution in [2.75, 3.05) is 13.1 Å². The van der Waals surface area contributed by atoms with Crippen LogP contribution in [-0.2, 0) is 0 Å². The normalized spacial score (nSPS) is 19.8. The van der Waals surface area contributed by atoms with E-state index < -0.39 is 0 Å². The molecule has 1 N–H and O–H groups in total. The van der Waals surface area contributed by atoms with Crippen molar-refractivity contribution in [3.05, 3.63) is 53.9 Å². The van der Waals surface area contributed by atoms with Crippen LogP contribution in [0.3, 0.4) is 0 Å². The molecule has 2 atom stereocenters. The lowest BCUT2D eigenvalue weighted by atomic mass is 9.85. The van der Waals surface area contributed by atoms with Crippen LogP contribution in [0.25, 0.3) is 10.8 Å². The van der Waals surface area contributed by atoms with Gasteiger partial charge in [0.05, 0.1) is 0 Å². The highest BCUT2D eigenvalue weighted by atomic mass is 15.6. The Balaban J connectivity index is 1.88. The first-order valence-corrected chi connectivity index (χ1v) is 8.26. The third-order valence-corrected chi connectivity index (χ3v) is 4.89. The lowest BCUT2D eigenvalue weighted by molar-refractivity contribution is 0.262. The zero-order valence-electron chi connectivity index (χ0n) is 13.3. The summed E-state index contributed by atoms with van der Waals surface area (Å²) in [4.78, 5) is 1.79. The molecule has 5 nitrogen and oxygen atoms in total. The smallest absolute Gasteiger partial charge is 0.162 e. The number of hydrogen-bond donors (Lipinski definition) is 1. The Morgan fingerprint density at radius 1 is 1.17 bits per heavy atom. The Labute approximate surface area is 135 Å². The van der Waals surface area contributed by atoms with Gasteiger partial charge in [0, 0.05) is 6.54 Å². The monoisotopic (exact) mass is 307 g/mol. The average molecular weight is 307 g/mol. The molecule has 2 aromatic carbocycles. The van der Waals surface area contributed by atoms with Gasteiger partial charge in [0.2, 0.25) is 0 Å². The van der Waals surface area contributed by atoms with E-state index in [4.69, 9.17) is 0 Å². The molecule has 4 rings (SSSR count). The molecular formula is C18H21N5. The van der Waals surface area contributed by atoms with E-state index in [9.17, 15) is 0 Å². The van der Waals surface area contributed by atoms with Crippen molar-refractivity contribution in [3.8, 4) is 0 Å². The van der Waals surface area contributed by atoms with Crippen LogP contribution in [0.1, 0.15) is 30.0 Å². The number of piperidine rings is 1. The van der Waals surface area contributed by atoms with Gasteiger partial charge in [-0.1, -0.05) is 36.4 Å². The molecule has 1 aliphatic heterocycles. The quantitative estimate of drug-likeness (QED) is 0.808.